The van der Waals surface area contributed by atoms with Crippen molar-refractivity contribution in [1.29, 1.82) is 0 Å². The minimum absolute atomic E-state index is 0.00741. The van der Waals surface area contributed by atoms with E-state index >= 15 is 0 Å². The summed E-state index contributed by atoms with van der Waals surface area (Å²) in [6, 6.07) is 7.78. The zero-order chi connectivity index (χ0) is 14.3. The first-order valence-electron chi connectivity index (χ1n) is 6.54. The Kier molecular flexibility index (Phi) is 6.89. The molecule has 0 saturated heterocycles. The van der Waals surface area contributed by atoms with Gasteiger partial charge >= 0.3 is 0 Å². The Morgan fingerprint density at radius 3 is 2.37 bits per heavy atom. The quantitative estimate of drug-likeness (QED) is 0.720. The van der Waals surface area contributed by atoms with E-state index in [1.807, 2.05) is 24.3 Å². The lowest BCUT2D eigenvalue weighted by molar-refractivity contribution is 0.0708. The van der Waals surface area contributed by atoms with E-state index in [0.29, 0.717) is 37.1 Å². The van der Waals surface area contributed by atoms with Crippen molar-refractivity contribution < 1.29 is 9.53 Å². The standard InChI is InChI=1S/C15H22ClNO2/c1-12(2)13-4-6-14(7-5-13)15(18)17(9-8-16)10-11-19-3/h4-7,12H,8-11H2,1-3H3. The summed E-state index contributed by atoms with van der Waals surface area (Å²) in [5.41, 5.74) is 1.93. The van der Waals surface area contributed by atoms with E-state index in [1.54, 1.807) is 12.0 Å². The van der Waals surface area contributed by atoms with Gasteiger partial charge in [0.15, 0.2) is 0 Å². The molecule has 0 saturated carbocycles. The molecule has 0 radical (unpaired) electrons. The van der Waals surface area contributed by atoms with Crippen LogP contribution >= 0.6 is 11.6 Å². The number of hydrogen-bond donors (Lipinski definition) is 0. The summed E-state index contributed by atoms with van der Waals surface area (Å²) in [7, 11) is 1.63. The number of carbonyl (C=O) groups excluding carboxylic acids is 1. The lowest BCUT2D eigenvalue weighted by Crippen LogP contribution is -2.35. The molecule has 4 heteroatoms. The second kappa shape index (κ2) is 8.18. The van der Waals surface area contributed by atoms with Gasteiger partial charge in [-0.2, -0.15) is 0 Å². The topological polar surface area (TPSA) is 29.5 Å². The Bertz CT molecular complexity index is 390. The summed E-state index contributed by atoms with van der Waals surface area (Å²) in [6.45, 7) is 5.89. The summed E-state index contributed by atoms with van der Waals surface area (Å²) in [5, 5.41) is 0. The van der Waals surface area contributed by atoms with E-state index in [0.717, 1.165) is 0 Å². The molecule has 1 aromatic carbocycles. The average Bonchev–Trinajstić information content (AvgIpc) is 2.42. The molecule has 3 nitrogen and oxygen atoms in total. The molecular formula is C15H22ClNO2. The number of hydrogen-bond acceptors (Lipinski definition) is 2. The molecule has 0 aromatic heterocycles. The fourth-order valence-corrected chi connectivity index (χ4v) is 2.02. The predicted octanol–water partition coefficient (Wildman–Crippen LogP) is 3.14. The lowest BCUT2D eigenvalue weighted by atomic mass is 10.0. The van der Waals surface area contributed by atoms with Crippen LogP contribution in [0.25, 0.3) is 0 Å². The SMILES string of the molecule is COCCN(CCCl)C(=O)c1ccc(C(C)C)cc1. The maximum Gasteiger partial charge on any atom is 0.253 e. The van der Waals surface area contributed by atoms with E-state index < -0.39 is 0 Å². The van der Waals surface area contributed by atoms with Crippen molar-refractivity contribution in [2.75, 3.05) is 32.7 Å². The number of methoxy groups -OCH3 is 1. The molecule has 106 valence electrons. The van der Waals surface area contributed by atoms with Crippen LogP contribution in [0, 0.1) is 0 Å². The Hall–Kier alpha value is -1.06. The maximum atomic E-state index is 12.3. The van der Waals surface area contributed by atoms with Crippen LogP contribution in [0.15, 0.2) is 24.3 Å². The summed E-state index contributed by atoms with van der Waals surface area (Å²) in [5.74, 6) is 0.907. The summed E-state index contributed by atoms with van der Waals surface area (Å²) in [4.78, 5) is 14.1. The van der Waals surface area contributed by atoms with Gasteiger partial charge in [-0.25, -0.2) is 0 Å². The summed E-state index contributed by atoms with van der Waals surface area (Å²) >= 11 is 5.74. The third-order valence-electron chi connectivity index (χ3n) is 3.03. The maximum absolute atomic E-state index is 12.3. The molecule has 0 unspecified atom stereocenters. The molecule has 0 aliphatic heterocycles. The van der Waals surface area contributed by atoms with Gasteiger partial charge in [-0.3, -0.25) is 4.79 Å². The predicted molar refractivity (Wildman–Crippen MR) is 79.0 cm³/mol. The van der Waals surface area contributed by atoms with Crippen LogP contribution in [-0.2, 0) is 4.74 Å². The van der Waals surface area contributed by atoms with Crippen LogP contribution in [0.3, 0.4) is 0 Å². The highest BCUT2D eigenvalue weighted by Gasteiger charge is 2.15. The second-order valence-corrected chi connectivity index (χ2v) is 5.13. The van der Waals surface area contributed by atoms with Crippen LogP contribution in [0.2, 0.25) is 0 Å². The van der Waals surface area contributed by atoms with Crippen molar-refractivity contribution in [3.8, 4) is 0 Å². The first-order valence-corrected chi connectivity index (χ1v) is 7.07. The highest BCUT2D eigenvalue weighted by molar-refractivity contribution is 6.18. The van der Waals surface area contributed by atoms with Crippen molar-refractivity contribution in [3.63, 3.8) is 0 Å². The number of rotatable bonds is 7. The van der Waals surface area contributed by atoms with Crippen molar-refractivity contribution in [2.24, 2.45) is 0 Å². The molecule has 1 amide bonds. The summed E-state index contributed by atoms with van der Waals surface area (Å²) < 4.78 is 5.02. The molecule has 0 aliphatic rings. The fraction of sp³-hybridized carbons (Fsp3) is 0.533. The second-order valence-electron chi connectivity index (χ2n) is 4.75. The fourth-order valence-electron chi connectivity index (χ4n) is 1.81. The number of alkyl halides is 1. The van der Waals surface area contributed by atoms with E-state index in [9.17, 15) is 4.79 Å². The van der Waals surface area contributed by atoms with Gasteiger partial charge in [0.1, 0.15) is 0 Å². The molecule has 0 heterocycles. The Morgan fingerprint density at radius 2 is 1.89 bits per heavy atom. The third-order valence-corrected chi connectivity index (χ3v) is 3.20. The average molecular weight is 284 g/mol. The van der Waals surface area contributed by atoms with Crippen molar-refractivity contribution in [2.45, 2.75) is 19.8 Å². The minimum Gasteiger partial charge on any atom is -0.383 e. The zero-order valence-electron chi connectivity index (χ0n) is 11.9. The van der Waals surface area contributed by atoms with Gasteiger partial charge in [-0.1, -0.05) is 26.0 Å². The number of benzene rings is 1. The van der Waals surface area contributed by atoms with Gasteiger partial charge in [0.05, 0.1) is 6.61 Å². The van der Waals surface area contributed by atoms with Crippen molar-refractivity contribution in [1.82, 2.24) is 4.90 Å². The van der Waals surface area contributed by atoms with Crippen LogP contribution in [0.1, 0.15) is 35.7 Å². The Morgan fingerprint density at radius 1 is 1.26 bits per heavy atom. The normalized spacial score (nSPS) is 10.8. The number of halogens is 1. The van der Waals surface area contributed by atoms with E-state index in [4.69, 9.17) is 16.3 Å². The molecule has 0 atom stereocenters. The van der Waals surface area contributed by atoms with Gasteiger partial charge in [0, 0.05) is 31.6 Å². The molecule has 1 rings (SSSR count). The zero-order valence-corrected chi connectivity index (χ0v) is 12.6. The van der Waals surface area contributed by atoms with Gasteiger partial charge in [-0.15, -0.1) is 11.6 Å². The molecule has 0 N–H and O–H groups in total. The van der Waals surface area contributed by atoms with E-state index in [1.165, 1.54) is 5.56 Å². The number of nitrogens with zero attached hydrogens (tertiary/aromatic N) is 1. The van der Waals surface area contributed by atoms with Crippen LogP contribution in [-0.4, -0.2) is 43.5 Å². The van der Waals surface area contributed by atoms with Crippen LogP contribution in [0.4, 0.5) is 0 Å². The lowest BCUT2D eigenvalue weighted by Gasteiger charge is -2.21. The van der Waals surface area contributed by atoms with Crippen LogP contribution in [0.5, 0.6) is 0 Å². The van der Waals surface area contributed by atoms with Crippen molar-refractivity contribution in [3.05, 3.63) is 35.4 Å². The van der Waals surface area contributed by atoms with Gasteiger partial charge in [0.25, 0.3) is 5.91 Å². The molecule has 0 spiro atoms. The minimum atomic E-state index is 0.00741. The first-order chi connectivity index (χ1) is 9.10. The largest absolute Gasteiger partial charge is 0.383 e. The molecule has 1 aromatic rings. The number of amides is 1. The number of ether oxygens (including phenoxy) is 1. The van der Waals surface area contributed by atoms with E-state index in [-0.39, 0.29) is 5.91 Å². The molecular weight excluding hydrogens is 262 g/mol. The molecule has 0 fully saturated rings. The van der Waals surface area contributed by atoms with Gasteiger partial charge in [0.2, 0.25) is 0 Å². The smallest absolute Gasteiger partial charge is 0.253 e. The summed E-state index contributed by atoms with van der Waals surface area (Å²) in [6.07, 6.45) is 0. The highest BCUT2D eigenvalue weighted by Crippen LogP contribution is 2.15. The Labute approximate surface area is 120 Å². The van der Waals surface area contributed by atoms with Gasteiger partial charge < -0.3 is 9.64 Å². The number of carbonyl (C=O) groups is 1. The monoisotopic (exact) mass is 283 g/mol. The highest BCUT2D eigenvalue weighted by atomic mass is 35.5. The third kappa shape index (κ3) is 4.84. The molecule has 0 bridgehead atoms. The first kappa shape index (κ1) is 16.0. The van der Waals surface area contributed by atoms with E-state index in [2.05, 4.69) is 13.8 Å². The Balaban J connectivity index is 2.77. The van der Waals surface area contributed by atoms with Crippen molar-refractivity contribution >= 4 is 17.5 Å². The molecule has 0 aliphatic carbocycles. The van der Waals surface area contributed by atoms with Crippen LogP contribution < -0.4 is 0 Å². The molecule has 19 heavy (non-hydrogen) atoms. The van der Waals surface area contributed by atoms with Gasteiger partial charge in [-0.05, 0) is 23.6 Å².